The van der Waals surface area contributed by atoms with Gasteiger partial charge in [-0.05, 0) is 24.7 Å². The summed E-state index contributed by atoms with van der Waals surface area (Å²) in [5.41, 5.74) is -0.638. The summed E-state index contributed by atoms with van der Waals surface area (Å²) in [6.07, 6.45) is -1.09. The van der Waals surface area contributed by atoms with Crippen molar-refractivity contribution in [1.29, 1.82) is 0 Å². The summed E-state index contributed by atoms with van der Waals surface area (Å²) in [7, 11) is 3.16. The molecule has 1 unspecified atom stereocenters. The van der Waals surface area contributed by atoms with Crippen LogP contribution in [0.15, 0.2) is 29.1 Å². The van der Waals surface area contributed by atoms with E-state index in [9.17, 15) is 29.0 Å². The molecule has 11 heteroatoms. The number of amides is 2. The van der Waals surface area contributed by atoms with Crippen LogP contribution in [-0.2, 0) is 13.6 Å². The SMILES string of the molecule is CN1CCN(C(=O)O)CC1c1nc(C(=O)NCc2ccc(F)cc2)c(O)c(=O)n1C. The Bertz CT molecular complexity index is 1020. The minimum Gasteiger partial charge on any atom is -0.501 e. The summed E-state index contributed by atoms with van der Waals surface area (Å²) in [4.78, 5) is 43.7. The van der Waals surface area contributed by atoms with Crippen LogP contribution < -0.4 is 10.9 Å². The van der Waals surface area contributed by atoms with Crippen molar-refractivity contribution in [3.8, 4) is 5.75 Å². The highest BCUT2D eigenvalue weighted by atomic mass is 19.1. The second-order valence-electron chi connectivity index (χ2n) is 7.07. The van der Waals surface area contributed by atoms with Gasteiger partial charge < -0.3 is 20.4 Å². The van der Waals surface area contributed by atoms with Crippen LogP contribution in [0.1, 0.15) is 27.9 Å². The second-order valence-corrected chi connectivity index (χ2v) is 7.07. The molecular weight excluding hydrogens is 397 g/mol. The van der Waals surface area contributed by atoms with Gasteiger partial charge in [-0.1, -0.05) is 12.1 Å². The van der Waals surface area contributed by atoms with E-state index in [0.29, 0.717) is 18.7 Å². The van der Waals surface area contributed by atoms with Gasteiger partial charge in [-0.15, -0.1) is 0 Å². The lowest BCUT2D eigenvalue weighted by atomic mass is 10.1. The zero-order valence-corrected chi connectivity index (χ0v) is 16.5. The molecule has 0 spiro atoms. The van der Waals surface area contributed by atoms with Crippen LogP contribution in [0.4, 0.5) is 9.18 Å². The summed E-state index contributed by atoms with van der Waals surface area (Å²) in [6, 6.07) is 4.92. The Morgan fingerprint density at radius 1 is 1.23 bits per heavy atom. The number of carboxylic acid groups (broad SMARTS) is 1. The number of rotatable bonds is 4. The highest BCUT2D eigenvalue weighted by molar-refractivity contribution is 5.94. The van der Waals surface area contributed by atoms with Gasteiger partial charge in [0.15, 0.2) is 5.69 Å². The molecule has 2 aromatic rings. The number of nitrogens with one attached hydrogen (secondary N) is 1. The van der Waals surface area contributed by atoms with E-state index in [-0.39, 0.29) is 18.9 Å². The van der Waals surface area contributed by atoms with Crippen molar-refractivity contribution in [2.24, 2.45) is 7.05 Å². The molecule has 1 fully saturated rings. The Labute approximate surface area is 171 Å². The fourth-order valence-corrected chi connectivity index (χ4v) is 3.26. The molecule has 1 aromatic heterocycles. The Morgan fingerprint density at radius 2 is 1.90 bits per heavy atom. The smallest absolute Gasteiger partial charge is 0.407 e. The number of carbonyl (C=O) groups excluding carboxylic acids is 1. The van der Waals surface area contributed by atoms with Crippen molar-refractivity contribution in [3.05, 3.63) is 57.5 Å². The Kier molecular flexibility index (Phi) is 6.01. The lowest BCUT2D eigenvalue weighted by molar-refractivity contribution is 0.0777. The van der Waals surface area contributed by atoms with Crippen LogP contribution in [0.25, 0.3) is 0 Å². The van der Waals surface area contributed by atoms with Gasteiger partial charge in [-0.25, -0.2) is 14.2 Å². The maximum atomic E-state index is 13.0. The number of carbonyl (C=O) groups is 2. The van der Waals surface area contributed by atoms with Gasteiger partial charge in [0.25, 0.3) is 11.5 Å². The lowest BCUT2D eigenvalue weighted by Crippen LogP contribution is -2.50. The van der Waals surface area contributed by atoms with E-state index in [4.69, 9.17) is 0 Å². The highest BCUT2D eigenvalue weighted by Gasteiger charge is 2.32. The van der Waals surface area contributed by atoms with E-state index in [0.717, 1.165) is 4.57 Å². The zero-order chi connectivity index (χ0) is 22.0. The van der Waals surface area contributed by atoms with Crippen molar-refractivity contribution in [1.82, 2.24) is 24.7 Å². The largest absolute Gasteiger partial charge is 0.501 e. The fraction of sp³-hybridized carbons (Fsp3) is 0.368. The summed E-state index contributed by atoms with van der Waals surface area (Å²) >= 11 is 0. The van der Waals surface area contributed by atoms with E-state index in [1.807, 2.05) is 4.90 Å². The molecule has 1 atom stereocenters. The molecule has 1 aliphatic heterocycles. The number of aromatic nitrogens is 2. The van der Waals surface area contributed by atoms with E-state index in [1.165, 1.54) is 36.2 Å². The number of benzene rings is 1. The molecule has 160 valence electrons. The molecule has 0 saturated carbocycles. The number of hydrogen-bond donors (Lipinski definition) is 3. The molecule has 3 rings (SSSR count). The van der Waals surface area contributed by atoms with Crippen LogP contribution in [0.2, 0.25) is 0 Å². The maximum absolute atomic E-state index is 13.0. The molecule has 1 saturated heterocycles. The summed E-state index contributed by atoms with van der Waals surface area (Å²) in [5, 5.41) is 22.0. The molecule has 0 bridgehead atoms. The van der Waals surface area contributed by atoms with E-state index < -0.39 is 40.9 Å². The van der Waals surface area contributed by atoms with Crippen LogP contribution in [0, 0.1) is 5.82 Å². The van der Waals surface area contributed by atoms with E-state index >= 15 is 0 Å². The van der Waals surface area contributed by atoms with Crippen LogP contribution >= 0.6 is 0 Å². The first-order valence-corrected chi connectivity index (χ1v) is 9.19. The average molecular weight is 419 g/mol. The molecule has 2 amide bonds. The van der Waals surface area contributed by atoms with Gasteiger partial charge in [-0.3, -0.25) is 19.1 Å². The number of hydrogen-bond acceptors (Lipinski definition) is 6. The van der Waals surface area contributed by atoms with Crippen LogP contribution in [0.5, 0.6) is 5.75 Å². The first kappa shape index (κ1) is 21.2. The number of halogens is 1. The third kappa shape index (κ3) is 4.25. The Hall–Kier alpha value is -3.47. The normalized spacial score (nSPS) is 17.0. The standard InChI is InChI=1S/C19H22FN5O5/c1-23-7-8-25(19(29)30)10-13(23)16-22-14(15(26)18(28)24(16)2)17(27)21-9-11-3-5-12(20)6-4-11/h3-6,13,26H,7-10H2,1-2H3,(H,21,27)(H,29,30). The summed E-state index contributed by atoms with van der Waals surface area (Å²) < 4.78 is 14.1. The predicted octanol–water partition coefficient (Wildman–Crippen LogP) is 0.522. The molecule has 1 aromatic carbocycles. The van der Waals surface area contributed by atoms with Gasteiger partial charge in [0, 0.05) is 33.2 Å². The highest BCUT2D eigenvalue weighted by Crippen LogP contribution is 2.23. The zero-order valence-electron chi connectivity index (χ0n) is 16.5. The Balaban J connectivity index is 1.89. The second kappa shape index (κ2) is 8.49. The minimum absolute atomic E-state index is 0.0426. The molecule has 2 heterocycles. The summed E-state index contributed by atoms with van der Waals surface area (Å²) in [6.45, 7) is 0.827. The van der Waals surface area contributed by atoms with E-state index in [2.05, 4.69) is 10.3 Å². The van der Waals surface area contributed by atoms with E-state index in [1.54, 1.807) is 7.05 Å². The van der Waals surface area contributed by atoms with Crippen molar-refractivity contribution in [2.45, 2.75) is 12.6 Å². The molecule has 3 N–H and O–H groups in total. The maximum Gasteiger partial charge on any atom is 0.407 e. The van der Waals surface area contributed by atoms with Gasteiger partial charge in [0.05, 0.1) is 6.04 Å². The van der Waals surface area contributed by atoms with Gasteiger partial charge in [-0.2, -0.15) is 0 Å². The van der Waals surface area contributed by atoms with Gasteiger partial charge in [0.2, 0.25) is 5.75 Å². The first-order valence-electron chi connectivity index (χ1n) is 9.19. The number of nitrogens with zero attached hydrogens (tertiary/aromatic N) is 4. The molecule has 0 radical (unpaired) electrons. The monoisotopic (exact) mass is 419 g/mol. The fourth-order valence-electron chi connectivity index (χ4n) is 3.26. The lowest BCUT2D eigenvalue weighted by Gasteiger charge is -2.38. The Morgan fingerprint density at radius 3 is 2.53 bits per heavy atom. The van der Waals surface area contributed by atoms with Gasteiger partial charge >= 0.3 is 6.09 Å². The minimum atomic E-state index is -1.09. The molecule has 0 aliphatic carbocycles. The van der Waals surface area contributed by atoms with Crippen molar-refractivity contribution < 1.29 is 24.2 Å². The topological polar surface area (TPSA) is 128 Å². The molecule has 1 aliphatic rings. The molecule has 30 heavy (non-hydrogen) atoms. The van der Waals surface area contributed by atoms with Crippen molar-refractivity contribution in [3.63, 3.8) is 0 Å². The average Bonchev–Trinajstić information content (AvgIpc) is 2.72. The number of aromatic hydroxyl groups is 1. The number of likely N-dealkylation sites (N-methyl/N-ethyl adjacent to an activating group) is 1. The van der Waals surface area contributed by atoms with Crippen LogP contribution in [-0.4, -0.2) is 68.2 Å². The summed E-state index contributed by atoms with van der Waals surface area (Å²) in [5.74, 6) is -1.82. The quantitative estimate of drug-likeness (QED) is 0.659. The first-order chi connectivity index (χ1) is 14.2. The van der Waals surface area contributed by atoms with Gasteiger partial charge in [0.1, 0.15) is 11.6 Å². The number of piperazine rings is 1. The predicted molar refractivity (Wildman–Crippen MR) is 104 cm³/mol. The third-order valence-electron chi connectivity index (χ3n) is 5.10. The van der Waals surface area contributed by atoms with Crippen molar-refractivity contribution in [2.75, 3.05) is 26.7 Å². The molecular formula is C19H22FN5O5. The van der Waals surface area contributed by atoms with Crippen molar-refractivity contribution >= 4 is 12.0 Å². The van der Waals surface area contributed by atoms with Crippen LogP contribution in [0.3, 0.4) is 0 Å². The third-order valence-corrected chi connectivity index (χ3v) is 5.10. The molecule has 10 nitrogen and oxygen atoms in total.